The van der Waals surface area contributed by atoms with Crippen LogP contribution < -0.4 is 14.8 Å². The SMILES string of the molecule is CCCC1CNc2cc(OC)cc(OC)c2C1. The smallest absolute Gasteiger partial charge is 0.127 e. The molecule has 1 aliphatic rings. The van der Waals surface area contributed by atoms with Crippen molar-refractivity contribution in [3.63, 3.8) is 0 Å². The zero-order valence-electron chi connectivity index (χ0n) is 10.9. The van der Waals surface area contributed by atoms with E-state index in [1.807, 2.05) is 6.07 Å². The van der Waals surface area contributed by atoms with Gasteiger partial charge in [-0.15, -0.1) is 0 Å². The van der Waals surface area contributed by atoms with Gasteiger partial charge in [0.15, 0.2) is 0 Å². The van der Waals surface area contributed by atoms with Gasteiger partial charge in [0.2, 0.25) is 0 Å². The first-order valence-electron chi connectivity index (χ1n) is 6.27. The Balaban J connectivity index is 2.29. The predicted molar refractivity (Wildman–Crippen MR) is 70.1 cm³/mol. The maximum atomic E-state index is 5.46. The summed E-state index contributed by atoms with van der Waals surface area (Å²) in [5, 5.41) is 3.49. The molecule has 0 radical (unpaired) electrons. The van der Waals surface area contributed by atoms with Gasteiger partial charge < -0.3 is 14.8 Å². The van der Waals surface area contributed by atoms with Crippen molar-refractivity contribution in [3.05, 3.63) is 17.7 Å². The maximum Gasteiger partial charge on any atom is 0.127 e. The number of methoxy groups -OCH3 is 2. The van der Waals surface area contributed by atoms with Crippen LogP contribution in [0.3, 0.4) is 0 Å². The van der Waals surface area contributed by atoms with Crippen molar-refractivity contribution in [2.24, 2.45) is 5.92 Å². The van der Waals surface area contributed by atoms with Crippen LogP contribution in [0.4, 0.5) is 5.69 Å². The molecule has 1 unspecified atom stereocenters. The third-order valence-corrected chi connectivity index (χ3v) is 3.41. The van der Waals surface area contributed by atoms with Gasteiger partial charge in [0.25, 0.3) is 0 Å². The number of nitrogens with one attached hydrogen (secondary N) is 1. The van der Waals surface area contributed by atoms with E-state index in [-0.39, 0.29) is 0 Å². The number of anilines is 1. The lowest BCUT2D eigenvalue weighted by Crippen LogP contribution is -2.23. The average molecular weight is 235 g/mol. The van der Waals surface area contributed by atoms with Crippen LogP contribution in [-0.2, 0) is 6.42 Å². The van der Waals surface area contributed by atoms with E-state index in [1.54, 1.807) is 14.2 Å². The van der Waals surface area contributed by atoms with Crippen molar-refractivity contribution in [1.82, 2.24) is 0 Å². The Morgan fingerprint density at radius 2 is 2.12 bits per heavy atom. The first-order valence-corrected chi connectivity index (χ1v) is 6.27. The first-order chi connectivity index (χ1) is 8.28. The molecule has 0 saturated heterocycles. The highest BCUT2D eigenvalue weighted by atomic mass is 16.5. The molecule has 1 aromatic rings. The molecule has 2 rings (SSSR count). The molecule has 0 amide bonds. The lowest BCUT2D eigenvalue weighted by atomic mass is 9.90. The molecule has 0 saturated carbocycles. The van der Waals surface area contributed by atoms with Crippen LogP contribution in [-0.4, -0.2) is 20.8 Å². The molecule has 0 aromatic heterocycles. The molecule has 1 aromatic carbocycles. The van der Waals surface area contributed by atoms with Crippen LogP contribution in [0, 0.1) is 5.92 Å². The van der Waals surface area contributed by atoms with E-state index in [4.69, 9.17) is 9.47 Å². The molecule has 1 N–H and O–H groups in total. The monoisotopic (exact) mass is 235 g/mol. The molecular formula is C14H21NO2. The van der Waals surface area contributed by atoms with Gasteiger partial charge in [-0.3, -0.25) is 0 Å². The third-order valence-electron chi connectivity index (χ3n) is 3.41. The van der Waals surface area contributed by atoms with E-state index >= 15 is 0 Å². The minimum absolute atomic E-state index is 0.717. The summed E-state index contributed by atoms with van der Waals surface area (Å²) in [4.78, 5) is 0. The van der Waals surface area contributed by atoms with Crippen LogP contribution in [0.2, 0.25) is 0 Å². The fourth-order valence-corrected chi connectivity index (χ4v) is 2.52. The van der Waals surface area contributed by atoms with Gasteiger partial charge in [-0.25, -0.2) is 0 Å². The normalized spacial score (nSPS) is 18.2. The molecule has 0 aliphatic carbocycles. The fourth-order valence-electron chi connectivity index (χ4n) is 2.52. The highest BCUT2D eigenvalue weighted by molar-refractivity contribution is 5.63. The Morgan fingerprint density at radius 3 is 2.76 bits per heavy atom. The number of hydrogen-bond donors (Lipinski definition) is 1. The summed E-state index contributed by atoms with van der Waals surface area (Å²) in [6.45, 7) is 3.29. The number of ether oxygens (including phenoxy) is 2. The van der Waals surface area contributed by atoms with Gasteiger partial charge >= 0.3 is 0 Å². The highest BCUT2D eigenvalue weighted by Crippen LogP contribution is 2.37. The van der Waals surface area contributed by atoms with Gasteiger partial charge in [0.05, 0.1) is 14.2 Å². The Bertz CT molecular complexity index is 373. The van der Waals surface area contributed by atoms with Crippen molar-refractivity contribution < 1.29 is 9.47 Å². The Labute approximate surface area is 103 Å². The molecule has 0 bridgehead atoms. The van der Waals surface area contributed by atoms with Gasteiger partial charge in [-0.1, -0.05) is 13.3 Å². The standard InChI is InChI=1S/C14H21NO2/c1-4-5-10-6-12-13(15-9-10)7-11(16-2)8-14(12)17-3/h7-8,10,15H,4-6,9H2,1-3H3. The molecular weight excluding hydrogens is 214 g/mol. The topological polar surface area (TPSA) is 30.5 Å². The first kappa shape index (κ1) is 12.1. The van der Waals surface area contributed by atoms with Gasteiger partial charge in [0, 0.05) is 29.9 Å². The van der Waals surface area contributed by atoms with E-state index < -0.39 is 0 Å². The lowest BCUT2D eigenvalue weighted by Gasteiger charge is -2.27. The van der Waals surface area contributed by atoms with Crippen LogP contribution in [0.15, 0.2) is 12.1 Å². The van der Waals surface area contributed by atoms with Crippen LogP contribution in [0.25, 0.3) is 0 Å². The van der Waals surface area contributed by atoms with E-state index in [1.165, 1.54) is 18.4 Å². The van der Waals surface area contributed by atoms with Crippen molar-refractivity contribution in [2.45, 2.75) is 26.2 Å². The fraction of sp³-hybridized carbons (Fsp3) is 0.571. The van der Waals surface area contributed by atoms with Crippen LogP contribution >= 0.6 is 0 Å². The highest BCUT2D eigenvalue weighted by Gasteiger charge is 2.21. The Morgan fingerprint density at radius 1 is 1.29 bits per heavy atom. The molecule has 0 spiro atoms. The molecule has 1 heterocycles. The second-order valence-corrected chi connectivity index (χ2v) is 4.60. The van der Waals surface area contributed by atoms with Crippen molar-refractivity contribution >= 4 is 5.69 Å². The zero-order valence-corrected chi connectivity index (χ0v) is 10.9. The van der Waals surface area contributed by atoms with E-state index in [9.17, 15) is 0 Å². The largest absolute Gasteiger partial charge is 0.497 e. The Kier molecular flexibility index (Phi) is 3.77. The number of rotatable bonds is 4. The van der Waals surface area contributed by atoms with E-state index in [0.717, 1.165) is 36.1 Å². The second kappa shape index (κ2) is 5.30. The summed E-state index contributed by atoms with van der Waals surface area (Å²) < 4.78 is 10.7. The quantitative estimate of drug-likeness (QED) is 0.870. The summed E-state index contributed by atoms with van der Waals surface area (Å²) in [6.07, 6.45) is 3.60. The van der Waals surface area contributed by atoms with Gasteiger partial charge in [0.1, 0.15) is 11.5 Å². The summed E-state index contributed by atoms with van der Waals surface area (Å²) in [7, 11) is 3.41. The molecule has 3 nitrogen and oxygen atoms in total. The van der Waals surface area contributed by atoms with E-state index in [2.05, 4.69) is 18.3 Å². The summed E-state index contributed by atoms with van der Waals surface area (Å²) in [5.74, 6) is 2.50. The van der Waals surface area contributed by atoms with Crippen molar-refractivity contribution in [1.29, 1.82) is 0 Å². The minimum atomic E-state index is 0.717. The molecule has 1 atom stereocenters. The zero-order chi connectivity index (χ0) is 12.3. The molecule has 0 fully saturated rings. The molecule has 17 heavy (non-hydrogen) atoms. The summed E-state index contributed by atoms with van der Waals surface area (Å²) in [5.41, 5.74) is 2.45. The third kappa shape index (κ3) is 2.48. The van der Waals surface area contributed by atoms with E-state index in [0.29, 0.717) is 0 Å². The molecule has 94 valence electrons. The van der Waals surface area contributed by atoms with Gasteiger partial charge in [-0.05, 0) is 18.8 Å². The number of benzene rings is 1. The minimum Gasteiger partial charge on any atom is -0.497 e. The van der Waals surface area contributed by atoms with Crippen molar-refractivity contribution in [2.75, 3.05) is 26.1 Å². The number of hydrogen-bond acceptors (Lipinski definition) is 3. The van der Waals surface area contributed by atoms with Crippen LogP contribution in [0.5, 0.6) is 11.5 Å². The summed E-state index contributed by atoms with van der Waals surface area (Å²) >= 11 is 0. The molecule has 3 heteroatoms. The van der Waals surface area contributed by atoms with Crippen LogP contribution in [0.1, 0.15) is 25.3 Å². The Hall–Kier alpha value is -1.38. The summed E-state index contributed by atoms with van der Waals surface area (Å²) in [6, 6.07) is 4.02. The lowest BCUT2D eigenvalue weighted by molar-refractivity contribution is 0.384. The number of fused-ring (bicyclic) bond motifs is 1. The predicted octanol–water partition coefficient (Wildman–Crippen LogP) is 3.09. The second-order valence-electron chi connectivity index (χ2n) is 4.60. The molecule has 1 aliphatic heterocycles. The van der Waals surface area contributed by atoms with Crippen molar-refractivity contribution in [3.8, 4) is 11.5 Å². The van der Waals surface area contributed by atoms with Gasteiger partial charge in [-0.2, -0.15) is 0 Å². The maximum absolute atomic E-state index is 5.46. The average Bonchev–Trinajstić information content (AvgIpc) is 2.37.